The van der Waals surface area contributed by atoms with E-state index in [4.69, 9.17) is 15.0 Å². The lowest BCUT2D eigenvalue weighted by atomic mass is 9.94. The van der Waals surface area contributed by atoms with Crippen molar-refractivity contribution >= 4 is 21.8 Å². The Kier molecular flexibility index (Phi) is 8.39. The molecule has 6 aromatic carbocycles. The fourth-order valence-corrected chi connectivity index (χ4v) is 7.27. The number of fused-ring (bicyclic) bond motifs is 2. The number of rotatable bonds is 7. The van der Waals surface area contributed by atoms with Crippen LogP contribution in [0, 0.1) is 0 Å². The molecule has 0 aliphatic carbocycles. The van der Waals surface area contributed by atoms with Crippen LogP contribution in [0.15, 0.2) is 195 Å². The van der Waals surface area contributed by atoms with Gasteiger partial charge in [-0.3, -0.25) is 15.0 Å². The maximum Gasteiger partial charge on any atom is 0.164 e. The molecular formula is C50H32N6. The fraction of sp³-hybridized carbons (Fsp3) is 0. The molecule has 6 nitrogen and oxygen atoms in total. The molecule has 0 fully saturated rings. The number of para-hydroxylation sites is 2. The standard InChI is InChI=1S/C50H32N6/c1-2-10-33(11-3-1)34-17-19-35(20-18-34)38-30-39(36-21-23-37(24-22-36)45-14-8-9-27-51-45)32-40(31-38)48-54-49(43-25-28-52-46-15-6-4-12-41(43)46)56-50(55-48)44-26-29-53-47-16-7-5-13-42(44)47/h1-32H. The molecule has 0 saturated heterocycles. The summed E-state index contributed by atoms with van der Waals surface area (Å²) in [5, 5.41) is 1.94. The van der Waals surface area contributed by atoms with E-state index in [-0.39, 0.29) is 0 Å². The second kappa shape index (κ2) is 14.3. The van der Waals surface area contributed by atoms with E-state index in [1.54, 1.807) is 0 Å². The van der Waals surface area contributed by atoms with Gasteiger partial charge in [0.15, 0.2) is 17.5 Å². The van der Waals surface area contributed by atoms with E-state index < -0.39 is 0 Å². The Labute approximate surface area is 324 Å². The van der Waals surface area contributed by atoms with Gasteiger partial charge in [0.1, 0.15) is 0 Å². The summed E-state index contributed by atoms with van der Waals surface area (Å²) in [6.07, 6.45) is 5.45. The van der Waals surface area contributed by atoms with Gasteiger partial charge < -0.3 is 0 Å². The minimum atomic E-state index is 0.570. The molecule has 10 aromatic rings. The van der Waals surface area contributed by atoms with Crippen LogP contribution >= 0.6 is 0 Å². The highest BCUT2D eigenvalue weighted by atomic mass is 15.0. The van der Waals surface area contributed by atoms with Gasteiger partial charge in [0.05, 0.1) is 16.7 Å². The number of pyridine rings is 3. The predicted octanol–water partition coefficient (Wildman–Crippen LogP) is 12.0. The van der Waals surface area contributed by atoms with E-state index in [2.05, 4.69) is 118 Å². The molecule has 0 saturated carbocycles. The van der Waals surface area contributed by atoms with Crippen molar-refractivity contribution in [2.75, 3.05) is 0 Å². The van der Waals surface area contributed by atoms with Gasteiger partial charge in [-0.05, 0) is 88.0 Å². The number of hydrogen-bond acceptors (Lipinski definition) is 6. The van der Waals surface area contributed by atoms with Crippen LogP contribution in [0.3, 0.4) is 0 Å². The Bertz CT molecular complexity index is 2790. The first kappa shape index (κ1) is 32.9. The minimum Gasteiger partial charge on any atom is -0.256 e. The van der Waals surface area contributed by atoms with Crippen LogP contribution in [0.2, 0.25) is 0 Å². The Morgan fingerprint density at radius 1 is 0.268 bits per heavy atom. The molecule has 0 spiro atoms. The molecular weight excluding hydrogens is 685 g/mol. The molecule has 0 N–H and O–H groups in total. The highest BCUT2D eigenvalue weighted by molar-refractivity contribution is 5.95. The van der Waals surface area contributed by atoms with Crippen molar-refractivity contribution in [1.29, 1.82) is 0 Å². The minimum absolute atomic E-state index is 0.570. The molecule has 0 bridgehead atoms. The second-order valence-electron chi connectivity index (χ2n) is 13.6. The largest absolute Gasteiger partial charge is 0.256 e. The first-order valence-electron chi connectivity index (χ1n) is 18.5. The smallest absolute Gasteiger partial charge is 0.164 e. The predicted molar refractivity (Wildman–Crippen MR) is 226 cm³/mol. The van der Waals surface area contributed by atoms with Gasteiger partial charge in [0.25, 0.3) is 0 Å². The van der Waals surface area contributed by atoms with Crippen molar-refractivity contribution in [3.05, 3.63) is 195 Å². The molecule has 0 radical (unpaired) electrons. The van der Waals surface area contributed by atoms with Crippen LogP contribution in [-0.2, 0) is 0 Å². The lowest BCUT2D eigenvalue weighted by molar-refractivity contribution is 1.08. The summed E-state index contributed by atoms with van der Waals surface area (Å²) in [6, 6.07) is 60.5. The first-order chi connectivity index (χ1) is 27.7. The zero-order valence-electron chi connectivity index (χ0n) is 30.2. The number of nitrogens with zero attached hydrogens (tertiary/aromatic N) is 6. The molecule has 0 aliphatic rings. The highest BCUT2D eigenvalue weighted by Crippen LogP contribution is 2.36. The van der Waals surface area contributed by atoms with Crippen LogP contribution in [0.1, 0.15) is 0 Å². The van der Waals surface area contributed by atoms with Crippen LogP contribution in [0.4, 0.5) is 0 Å². The summed E-state index contributed by atoms with van der Waals surface area (Å²) in [6.45, 7) is 0. The van der Waals surface area contributed by atoms with E-state index in [9.17, 15) is 0 Å². The lowest BCUT2D eigenvalue weighted by Crippen LogP contribution is -2.02. The van der Waals surface area contributed by atoms with Crippen LogP contribution < -0.4 is 0 Å². The van der Waals surface area contributed by atoms with Crippen molar-refractivity contribution in [3.63, 3.8) is 0 Å². The molecule has 0 atom stereocenters. The summed E-state index contributed by atoms with van der Waals surface area (Å²) in [5.41, 5.74) is 13.0. The third kappa shape index (κ3) is 6.35. The quantitative estimate of drug-likeness (QED) is 0.163. The average molecular weight is 717 g/mol. The molecule has 0 amide bonds. The van der Waals surface area contributed by atoms with Gasteiger partial charge in [-0.25, -0.2) is 15.0 Å². The Hall–Kier alpha value is -7.70. The molecule has 56 heavy (non-hydrogen) atoms. The van der Waals surface area contributed by atoms with Gasteiger partial charge in [-0.15, -0.1) is 0 Å². The number of hydrogen-bond donors (Lipinski definition) is 0. The van der Waals surface area contributed by atoms with Crippen molar-refractivity contribution in [1.82, 2.24) is 29.9 Å². The lowest BCUT2D eigenvalue weighted by Gasteiger charge is -2.14. The molecule has 6 heteroatoms. The summed E-state index contributed by atoms with van der Waals surface area (Å²) in [7, 11) is 0. The van der Waals surface area contributed by atoms with Gasteiger partial charge in [-0.1, -0.05) is 121 Å². The van der Waals surface area contributed by atoms with Gasteiger partial charge in [0.2, 0.25) is 0 Å². The maximum absolute atomic E-state index is 5.23. The highest BCUT2D eigenvalue weighted by Gasteiger charge is 2.18. The third-order valence-corrected chi connectivity index (χ3v) is 10.1. The summed E-state index contributed by atoms with van der Waals surface area (Å²) >= 11 is 0. The fourth-order valence-electron chi connectivity index (χ4n) is 7.27. The van der Waals surface area contributed by atoms with E-state index >= 15 is 0 Å². The van der Waals surface area contributed by atoms with E-state index in [1.807, 2.05) is 91.4 Å². The van der Waals surface area contributed by atoms with Crippen molar-refractivity contribution in [2.24, 2.45) is 0 Å². The van der Waals surface area contributed by atoms with Crippen LogP contribution in [0.25, 0.3) is 101 Å². The van der Waals surface area contributed by atoms with E-state index in [0.717, 1.165) is 77.6 Å². The Morgan fingerprint density at radius 2 is 0.714 bits per heavy atom. The molecule has 262 valence electrons. The van der Waals surface area contributed by atoms with Crippen LogP contribution in [0.5, 0.6) is 0 Å². The van der Waals surface area contributed by atoms with Gasteiger partial charge >= 0.3 is 0 Å². The molecule has 10 rings (SSSR count). The van der Waals surface area contributed by atoms with Gasteiger partial charge in [0, 0.05) is 51.6 Å². The Morgan fingerprint density at radius 3 is 1.27 bits per heavy atom. The molecule has 4 aromatic heterocycles. The summed E-state index contributed by atoms with van der Waals surface area (Å²) in [5.74, 6) is 1.72. The average Bonchev–Trinajstić information content (AvgIpc) is 3.29. The van der Waals surface area contributed by atoms with Crippen molar-refractivity contribution in [2.45, 2.75) is 0 Å². The van der Waals surface area contributed by atoms with Crippen LogP contribution in [-0.4, -0.2) is 29.9 Å². The molecule has 0 unspecified atom stereocenters. The first-order valence-corrected chi connectivity index (χ1v) is 18.5. The number of benzene rings is 6. The van der Waals surface area contributed by atoms with Gasteiger partial charge in [-0.2, -0.15) is 0 Å². The zero-order chi connectivity index (χ0) is 37.3. The number of aromatic nitrogens is 6. The molecule has 0 aliphatic heterocycles. The Balaban J connectivity index is 1.18. The van der Waals surface area contributed by atoms with Crippen molar-refractivity contribution < 1.29 is 0 Å². The second-order valence-corrected chi connectivity index (χ2v) is 13.6. The monoisotopic (exact) mass is 716 g/mol. The van der Waals surface area contributed by atoms with Crippen molar-refractivity contribution in [3.8, 4) is 78.8 Å². The van der Waals surface area contributed by atoms with E-state index in [0.29, 0.717) is 17.5 Å². The normalized spacial score (nSPS) is 11.2. The topological polar surface area (TPSA) is 77.3 Å². The zero-order valence-corrected chi connectivity index (χ0v) is 30.2. The maximum atomic E-state index is 5.23. The summed E-state index contributed by atoms with van der Waals surface area (Å²) in [4.78, 5) is 29.4. The SMILES string of the molecule is c1ccc(-c2ccc(-c3cc(-c4ccc(-c5ccccn5)cc4)cc(-c4nc(-c5ccnc6ccccc56)nc(-c5ccnc6ccccc56)n4)c3)cc2)cc1. The summed E-state index contributed by atoms with van der Waals surface area (Å²) < 4.78 is 0. The van der Waals surface area contributed by atoms with E-state index in [1.165, 1.54) is 5.56 Å². The molecule has 4 heterocycles. The third-order valence-electron chi connectivity index (χ3n) is 10.1.